The Balaban J connectivity index is 1.61. The molecule has 3 aromatic rings. The van der Waals surface area contributed by atoms with Crippen molar-refractivity contribution < 1.29 is 39.3 Å². The highest BCUT2D eigenvalue weighted by molar-refractivity contribution is 6.25. The number of aliphatic hydroxyl groups excluding tert-OH is 1. The van der Waals surface area contributed by atoms with Gasteiger partial charge in [0.1, 0.15) is 22.8 Å². The lowest BCUT2D eigenvalue weighted by atomic mass is 9.61. The normalized spacial score (nSPS) is 25.6. The number of phenols is 2. The number of aromatic hydroxyl groups is 2. The van der Waals surface area contributed by atoms with Gasteiger partial charge in [-0.2, -0.15) is 0 Å². The highest BCUT2D eigenvalue weighted by atomic mass is 16.5. The average Bonchev–Trinajstić information content (AvgIpc) is 3.32. The zero-order chi connectivity index (χ0) is 27.8. The van der Waals surface area contributed by atoms with Crippen molar-refractivity contribution in [2.24, 2.45) is 11.7 Å². The maximum Gasteiger partial charge on any atom is 0.255 e. The third-order valence-electron chi connectivity index (χ3n) is 8.07. The Hall–Kier alpha value is -4.26. The summed E-state index contributed by atoms with van der Waals surface area (Å²) in [6.45, 7) is 3.59. The minimum Gasteiger partial charge on any atom is -0.508 e. The minimum absolute atomic E-state index is 0.0696. The zero-order valence-corrected chi connectivity index (χ0v) is 20.9. The van der Waals surface area contributed by atoms with Crippen molar-refractivity contribution in [2.75, 3.05) is 26.2 Å². The number of Topliss-reactive ketones (excluding diaryl/α,β-unsaturated/α-hetero) is 2. The Morgan fingerprint density at radius 1 is 1.18 bits per heavy atom. The predicted molar refractivity (Wildman–Crippen MR) is 136 cm³/mol. The molecule has 0 saturated carbocycles. The molecule has 6 rings (SSSR count). The van der Waals surface area contributed by atoms with Gasteiger partial charge in [0.15, 0.2) is 17.1 Å². The lowest BCUT2D eigenvalue weighted by Crippen LogP contribution is -2.67. The molecule has 39 heavy (non-hydrogen) atoms. The fraction of sp³-hybridized carbons (Fsp3) is 0.333. The smallest absolute Gasteiger partial charge is 0.255 e. The van der Waals surface area contributed by atoms with Crippen LogP contribution >= 0.6 is 0 Å². The second-order valence-corrected chi connectivity index (χ2v) is 10.2. The van der Waals surface area contributed by atoms with E-state index >= 15 is 0 Å². The molecule has 7 N–H and O–H groups in total. The predicted octanol–water partition coefficient (Wildman–Crippen LogP) is 0.454. The van der Waals surface area contributed by atoms with Crippen LogP contribution in [0.4, 0.5) is 0 Å². The fourth-order valence-corrected chi connectivity index (χ4v) is 6.27. The molecule has 2 aromatic carbocycles. The molecule has 3 atom stereocenters. The number of piperazine rings is 1. The number of hydrogen-bond acceptors (Lipinski definition) is 11. The number of nitrogens with one attached hydrogen (secondary N) is 1. The molecule has 1 saturated heterocycles. The molecule has 1 amide bonds. The van der Waals surface area contributed by atoms with E-state index in [9.17, 15) is 34.8 Å². The molecule has 0 radical (unpaired) electrons. The van der Waals surface area contributed by atoms with Gasteiger partial charge in [-0.25, -0.2) is 0 Å². The Morgan fingerprint density at radius 3 is 2.54 bits per heavy atom. The van der Waals surface area contributed by atoms with Crippen molar-refractivity contribution in [3.63, 3.8) is 0 Å². The zero-order valence-electron chi connectivity index (χ0n) is 20.9. The number of fused-ring (bicyclic) bond motifs is 3. The molecule has 1 fully saturated rings. The van der Waals surface area contributed by atoms with E-state index in [0.717, 1.165) is 0 Å². The summed E-state index contributed by atoms with van der Waals surface area (Å²) in [5.74, 6) is -6.02. The Bertz CT molecular complexity index is 1620. The quantitative estimate of drug-likeness (QED) is 0.255. The van der Waals surface area contributed by atoms with Crippen LogP contribution in [0.2, 0.25) is 0 Å². The van der Waals surface area contributed by atoms with Crippen LogP contribution in [0.15, 0.2) is 40.1 Å². The largest absolute Gasteiger partial charge is 0.508 e. The van der Waals surface area contributed by atoms with Gasteiger partial charge in [-0.3, -0.25) is 19.3 Å². The first-order valence-corrected chi connectivity index (χ1v) is 12.5. The van der Waals surface area contributed by atoms with Crippen LogP contribution in [0, 0.1) is 12.8 Å². The maximum absolute atomic E-state index is 14.0. The molecule has 202 valence electrons. The number of aryl methyl sites for hydroxylation is 1. The number of aliphatic hydroxyl groups is 2. The van der Waals surface area contributed by atoms with Crippen molar-refractivity contribution in [2.45, 2.75) is 25.0 Å². The molecule has 12 nitrogen and oxygen atoms in total. The highest BCUT2D eigenvalue weighted by Crippen LogP contribution is 2.51. The first-order valence-electron chi connectivity index (χ1n) is 12.5. The molecule has 2 aliphatic carbocycles. The molecular weight excluding hydrogens is 508 g/mol. The van der Waals surface area contributed by atoms with Crippen molar-refractivity contribution in [1.29, 1.82) is 0 Å². The number of ketones is 2. The molecule has 1 aliphatic heterocycles. The highest BCUT2D eigenvalue weighted by Gasteiger charge is 2.62. The SMILES string of the molecule is Cc1cc(-c2ccc(O)c3c(O)c4c(cc23)CC2[C@@H](N3CCNCC3)C(=O)C(C(N)=O)=C(O)[C@@]2(O)C4=O)on1. The molecule has 1 unspecified atom stereocenters. The molecule has 1 aromatic heterocycles. The number of carbonyl (C=O) groups is 3. The first kappa shape index (κ1) is 25.0. The summed E-state index contributed by atoms with van der Waals surface area (Å²) in [5, 5.41) is 52.3. The summed E-state index contributed by atoms with van der Waals surface area (Å²) in [6, 6.07) is 5.06. The number of amides is 1. The van der Waals surface area contributed by atoms with E-state index in [1.165, 1.54) is 6.07 Å². The van der Waals surface area contributed by atoms with Crippen LogP contribution < -0.4 is 11.1 Å². The number of phenolic OH excluding ortho intramolecular Hbond substituents is 2. The third kappa shape index (κ3) is 3.42. The number of primary amides is 1. The van der Waals surface area contributed by atoms with Crippen LogP contribution in [0.1, 0.15) is 21.6 Å². The molecule has 0 bridgehead atoms. The van der Waals surface area contributed by atoms with Crippen LogP contribution in [-0.2, 0) is 16.0 Å². The van der Waals surface area contributed by atoms with Gasteiger partial charge < -0.3 is 36.0 Å². The second-order valence-electron chi connectivity index (χ2n) is 10.2. The third-order valence-corrected chi connectivity index (χ3v) is 8.07. The topological polar surface area (TPSA) is 199 Å². The summed E-state index contributed by atoms with van der Waals surface area (Å²) in [5.41, 5.74) is 2.96. The molecule has 12 heteroatoms. The van der Waals surface area contributed by atoms with Gasteiger partial charge >= 0.3 is 0 Å². The lowest BCUT2D eigenvalue weighted by Gasteiger charge is -2.49. The number of aromatic nitrogens is 1. The van der Waals surface area contributed by atoms with Gasteiger partial charge in [0.25, 0.3) is 5.91 Å². The van der Waals surface area contributed by atoms with Crippen LogP contribution in [0.25, 0.3) is 22.1 Å². The Kier molecular flexibility index (Phi) is 5.54. The van der Waals surface area contributed by atoms with E-state index in [1.54, 1.807) is 30.0 Å². The van der Waals surface area contributed by atoms with Gasteiger partial charge in [0.05, 0.1) is 22.7 Å². The van der Waals surface area contributed by atoms with Crippen molar-refractivity contribution >= 4 is 28.2 Å². The van der Waals surface area contributed by atoms with Gasteiger partial charge in [0, 0.05) is 49.1 Å². The van der Waals surface area contributed by atoms with E-state index in [1.807, 2.05) is 0 Å². The Labute approximate surface area is 221 Å². The summed E-state index contributed by atoms with van der Waals surface area (Å²) < 4.78 is 5.40. The summed E-state index contributed by atoms with van der Waals surface area (Å²) in [7, 11) is 0. The number of carbonyl (C=O) groups excluding carboxylic acids is 3. The lowest BCUT2D eigenvalue weighted by molar-refractivity contribution is -0.134. The van der Waals surface area contributed by atoms with E-state index in [4.69, 9.17) is 10.3 Å². The van der Waals surface area contributed by atoms with Crippen LogP contribution in [-0.4, -0.2) is 85.8 Å². The van der Waals surface area contributed by atoms with Gasteiger partial charge in [-0.05, 0) is 37.1 Å². The van der Waals surface area contributed by atoms with Crippen molar-refractivity contribution in [3.8, 4) is 22.8 Å². The van der Waals surface area contributed by atoms with E-state index in [0.29, 0.717) is 54.1 Å². The average molecular weight is 535 g/mol. The van der Waals surface area contributed by atoms with Crippen LogP contribution in [0.5, 0.6) is 11.5 Å². The number of hydrogen-bond donors (Lipinski definition) is 6. The number of nitrogens with two attached hydrogens (primary N) is 1. The second kappa shape index (κ2) is 8.63. The minimum atomic E-state index is -2.71. The number of nitrogens with zero attached hydrogens (tertiary/aromatic N) is 2. The Morgan fingerprint density at radius 2 is 1.90 bits per heavy atom. The van der Waals surface area contributed by atoms with Crippen molar-refractivity contribution in [1.82, 2.24) is 15.4 Å². The van der Waals surface area contributed by atoms with Gasteiger partial charge in [-0.15, -0.1) is 0 Å². The molecule has 2 heterocycles. The summed E-state index contributed by atoms with van der Waals surface area (Å²) >= 11 is 0. The molecule has 3 aliphatic rings. The number of benzene rings is 2. The number of rotatable bonds is 3. The van der Waals surface area contributed by atoms with Crippen LogP contribution in [0.3, 0.4) is 0 Å². The standard InChI is InChI=1S/C27H26N4O8/c1-11-8-17(39-30-11)13-2-3-16(32)19-14(13)9-12-10-15-21(31-6-4-29-5-7-31)23(34)20(26(28)37)25(36)27(15,38)24(35)18(12)22(19)33/h2-3,8-9,15,21,29,32-33,36,38H,4-7,10H2,1H3,(H2,28,37)/t15?,21-,27+/m1/s1. The van der Waals surface area contributed by atoms with E-state index < -0.39 is 52.1 Å². The summed E-state index contributed by atoms with van der Waals surface area (Å²) in [6.07, 6.45) is -0.109. The first-order chi connectivity index (χ1) is 18.6. The summed E-state index contributed by atoms with van der Waals surface area (Å²) in [4.78, 5) is 41.6. The molecule has 0 spiro atoms. The van der Waals surface area contributed by atoms with Gasteiger partial charge in [-0.1, -0.05) is 5.16 Å². The fourth-order valence-electron chi connectivity index (χ4n) is 6.27. The van der Waals surface area contributed by atoms with E-state index in [2.05, 4.69) is 10.5 Å². The van der Waals surface area contributed by atoms with E-state index in [-0.39, 0.29) is 23.1 Å². The van der Waals surface area contributed by atoms with Gasteiger partial charge in [0.2, 0.25) is 5.78 Å². The maximum atomic E-state index is 14.0. The monoisotopic (exact) mass is 534 g/mol. The van der Waals surface area contributed by atoms with Crippen molar-refractivity contribution in [3.05, 3.63) is 52.4 Å². The molecular formula is C27H26N4O8.